The Hall–Kier alpha value is -0.0800. The SMILES string of the molecule is CCNC1CC(C)CC(C)C1N(CC1CC1)C(C)C. The molecule has 112 valence electrons. The van der Waals surface area contributed by atoms with Crippen molar-refractivity contribution in [3.63, 3.8) is 0 Å². The van der Waals surface area contributed by atoms with E-state index >= 15 is 0 Å². The van der Waals surface area contributed by atoms with Crippen molar-refractivity contribution in [3.8, 4) is 0 Å². The Morgan fingerprint density at radius 2 is 1.84 bits per heavy atom. The van der Waals surface area contributed by atoms with Crippen LogP contribution in [0.2, 0.25) is 0 Å². The van der Waals surface area contributed by atoms with E-state index < -0.39 is 0 Å². The Kier molecular flexibility index (Phi) is 5.30. The van der Waals surface area contributed by atoms with Gasteiger partial charge < -0.3 is 5.32 Å². The van der Waals surface area contributed by atoms with Crippen LogP contribution in [-0.4, -0.2) is 36.1 Å². The zero-order valence-electron chi connectivity index (χ0n) is 13.7. The maximum atomic E-state index is 3.78. The van der Waals surface area contributed by atoms with Gasteiger partial charge in [0.15, 0.2) is 0 Å². The van der Waals surface area contributed by atoms with E-state index in [-0.39, 0.29) is 0 Å². The predicted molar refractivity (Wildman–Crippen MR) is 83.4 cm³/mol. The van der Waals surface area contributed by atoms with Crippen LogP contribution in [0, 0.1) is 17.8 Å². The van der Waals surface area contributed by atoms with Gasteiger partial charge in [0, 0.05) is 24.7 Å². The van der Waals surface area contributed by atoms with Gasteiger partial charge in [-0.1, -0.05) is 20.8 Å². The molecule has 2 fully saturated rings. The molecule has 0 aromatic heterocycles. The number of hydrogen-bond donors (Lipinski definition) is 1. The van der Waals surface area contributed by atoms with Crippen LogP contribution in [0.3, 0.4) is 0 Å². The molecular weight excluding hydrogens is 232 g/mol. The van der Waals surface area contributed by atoms with E-state index in [0.29, 0.717) is 12.1 Å². The summed E-state index contributed by atoms with van der Waals surface area (Å²) in [6.45, 7) is 14.4. The Balaban J connectivity index is 2.09. The van der Waals surface area contributed by atoms with Crippen LogP contribution in [0.5, 0.6) is 0 Å². The van der Waals surface area contributed by atoms with Crippen molar-refractivity contribution in [3.05, 3.63) is 0 Å². The molecule has 4 atom stereocenters. The van der Waals surface area contributed by atoms with E-state index in [2.05, 4.69) is 44.8 Å². The van der Waals surface area contributed by atoms with Gasteiger partial charge in [-0.05, 0) is 63.8 Å². The van der Waals surface area contributed by atoms with Gasteiger partial charge in [-0.25, -0.2) is 0 Å². The van der Waals surface area contributed by atoms with Gasteiger partial charge in [0.05, 0.1) is 0 Å². The molecule has 2 aliphatic rings. The lowest BCUT2D eigenvalue weighted by atomic mass is 9.75. The predicted octanol–water partition coefficient (Wildman–Crippen LogP) is 3.52. The highest BCUT2D eigenvalue weighted by Crippen LogP contribution is 2.37. The van der Waals surface area contributed by atoms with Crippen molar-refractivity contribution in [1.82, 2.24) is 10.2 Å². The molecule has 0 spiro atoms. The fourth-order valence-electron chi connectivity index (χ4n) is 4.14. The van der Waals surface area contributed by atoms with Crippen LogP contribution in [0.1, 0.15) is 60.3 Å². The summed E-state index contributed by atoms with van der Waals surface area (Å²) in [5.41, 5.74) is 0. The molecule has 0 radical (unpaired) electrons. The third-order valence-corrected chi connectivity index (χ3v) is 5.10. The average Bonchev–Trinajstić information content (AvgIpc) is 3.10. The molecule has 4 unspecified atom stereocenters. The molecule has 19 heavy (non-hydrogen) atoms. The van der Waals surface area contributed by atoms with Crippen LogP contribution >= 0.6 is 0 Å². The summed E-state index contributed by atoms with van der Waals surface area (Å²) in [5.74, 6) is 2.70. The molecule has 2 saturated carbocycles. The molecule has 0 aliphatic heterocycles. The molecule has 2 aliphatic carbocycles. The summed E-state index contributed by atoms with van der Waals surface area (Å²) < 4.78 is 0. The first kappa shape index (κ1) is 15.3. The number of rotatable bonds is 6. The molecule has 2 heteroatoms. The first-order chi connectivity index (χ1) is 9.02. The van der Waals surface area contributed by atoms with Crippen molar-refractivity contribution in [2.24, 2.45) is 17.8 Å². The third-order valence-electron chi connectivity index (χ3n) is 5.10. The molecular formula is C17H34N2. The van der Waals surface area contributed by atoms with Crippen LogP contribution in [0.4, 0.5) is 0 Å². The molecule has 2 nitrogen and oxygen atoms in total. The zero-order chi connectivity index (χ0) is 14.0. The van der Waals surface area contributed by atoms with E-state index in [0.717, 1.165) is 30.3 Å². The average molecular weight is 266 g/mol. The maximum Gasteiger partial charge on any atom is 0.0277 e. The molecule has 0 heterocycles. The van der Waals surface area contributed by atoms with Crippen LogP contribution in [0.15, 0.2) is 0 Å². The second-order valence-electron chi connectivity index (χ2n) is 7.44. The lowest BCUT2D eigenvalue weighted by molar-refractivity contribution is 0.0367. The summed E-state index contributed by atoms with van der Waals surface area (Å²) in [5, 5.41) is 3.78. The summed E-state index contributed by atoms with van der Waals surface area (Å²) in [4.78, 5) is 2.82. The van der Waals surface area contributed by atoms with E-state index in [1.54, 1.807) is 0 Å². The lowest BCUT2D eigenvalue weighted by Crippen LogP contribution is -2.58. The highest BCUT2D eigenvalue weighted by Gasteiger charge is 2.39. The zero-order valence-corrected chi connectivity index (χ0v) is 13.7. The van der Waals surface area contributed by atoms with Crippen molar-refractivity contribution in [2.75, 3.05) is 13.1 Å². The van der Waals surface area contributed by atoms with Crippen LogP contribution < -0.4 is 5.32 Å². The van der Waals surface area contributed by atoms with E-state index in [4.69, 9.17) is 0 Å². The molecule has 0 saturated heterocycles. The van der Waals surface area contributed by atoms with Gasteiger partial charge in [-0.3, -0.25) is 4.90 Å². The Labute approximate surface area is 120 Å². The van der Waals surface area contributed by atoms with E-state index in [1.165, 1.54) is 32.2 Å². The molecule has 0 aromatic carbocycles. The van der Waals surface area contributed by atoms with E-state index in [9.17, 15) is 0 Å². The molecule has 1 N–H and O–H groups in total. The molecule has 0 aromatic rings. The Bertz CT molecular complexity index is 272. The number of nitrogens with zero attached hydrogens (tertiary/aromatic N) is 1. The van der Waals surface area contributed by atoms with Crippen LogP contribution in [0.25, 0.3) is 0 Å². The standard InChI is InChI=1S/C17H34N2/c1-6-18-16-10-13(4)9-14(5)17(16)19(12(2)3)11-15-7-8-15/h12-18H,6-11H2,1-5H3. The number of nitrogens with one attached hydrogen (secondary N) is 1. The summed E-state index contributed by atoms with van der Waals surface area (Å²) in [7, 11) is 0. The van der Waals surface area contributed by atoms with Crippen molar-refractivity contribution in [1.29, 1.82) is 0 Å². The minimum Gasteiger partial charge on any atom is -0.313 e. The molecule has 0 amide bonds. The largest absolute Gasteiger partial charge is 0.313 e. The minimum absolute atomic E-state index is 0.683. The first-order valence-electron chi connectivity index (χ1n) is 8.52. The van der Waals surface area contributed by atoms with Crippen molar-refractivity contribution in [2.45, 2.75) is 78.4 Å². The van der Waals surface area contributed by atoms with Crippen molar-refractivity contribution < 1.29 is 0 Å². The summed E-state index contributed by atoms with van der Waals surface area (Å²) in [6.07, 6.45) is 5.69. The topological polar surface area (TPSA) is 15.3 Å². The first-order valence-corrected chi connectivity index (χ1v) is 8.52. The highest BCUT2D eigenvalue weighted by molar-refractivity contribution is 4.96. The monoisotopic (exact) mass is 266 g/mol. The smallest absolute Gasteiger partial charge is 0.0277 e. The summed E-state index contributed by atoms with van der Waals surface area (Å²) in [6, 6.07) is 2.13. The quantitative estimate of drug-likeness (QED) is 0.791. The fourth-order valence-corrected chi connectivity index (χ4v) is 4.14. The van der Waals surface area contributed by atoms with Gasteiger partial charge in [-0.15, -0.1) is 0 Å². The van der Waals surface area contributed by atoms with Gasteiger partial charge in [0.1, 0.15) is 0 Å². The maximum absolute atomic E-state index is 3.78. The van der Waals surface area contributed by atoms with Crippen molar-refractivity contribution >= 4 is 0 Å². The Morgan fingerprint density at radius 3 is 2.37 bits per heavy atom. The van der Waals surface area contributed by atoms with Gasteiger partial charge in [0.25, 0.3) is 0 Å². The second-order valence-corrected chi connectivity index (χ2v) is 7.44. The third kappa shape index (κ3) is 3.95. The minimum atomic E-state index is 0.683. The number of hydrogen-bond acceptors (Lipinski definition) is 2. The van der Waals surface area contributed by atoms with E-state index in [1.807, 2.05) is 0 Å². The second kappa shape index (κ2) is 6.58. The van der Waals surface area contributed by atoms with Gasteiger partial charge >= 0.3 is 0 Å². The van der Waals surface area contributed by atoms with Crippen LogP contribution in [-0.2, 0) is 0 Å². The van der Waals surface area contributed by atoms with Gasteiger partial charge in [-0.2, -0.15) is 0 Å². The fraction of sp³-hybridized carbons (Fsp3) is 1.00. The molecule has 2 rings (SSSR count). The highest BCUT2D eigenvalue weighted by atomic mass is 15.2. The summed E-state index contributed by atoms with van der Waals surface area (Å²) >= 11 is 0. The Morgan fingerprint density at radius 1 is 1.16 bits per heavy atom. The number of likely N-dealkylation sites (N-methyl/N-ethyl adjacent to an activating group) is 1. The van der Waals surface area contributed by atoms with Gasteiger partial charge in [0.2, 0.25) is 0 Å². The molecule has 0 bridgehead atoms. The normalized spacial score (nSPS) is 36.2. The lowest BCUT2D eigenvalue weighted by Gasteiger charge is -2.48.